The molecule has 0 radical (unpaired) electrons. The van der Waals surface area contributed by atoms with Crippen molar-refractivity contribution in [2.45, 2.75) is 12.5 Å². The van der Waals surface area contributed by atoms with Crippen LogP contribution in [0.15, 0.2) is 24.3 Å². The predicted molar refractivity (Wildman–Crippen MR) is 74.2 cm³/mol. The Kier molecular flexibility index (Phi) is 5.32. The SMILES string of the molecule is C[N+](C)(C)CCOc1ccc(C[C@H](N)C(=O)O)cc1. The lowest BCUT2D eigenvalue weighted by atomic mass is 10.1. The molecule has 0 spiro atoms. The van der Waals surface area contributed by atoms with Crippen molar-refractivity contribution in [3.05, 3.63) is 29.8 Å². The molecule has 0 fully saturated rings. The van der Waals surface area contributed by atoms with Gasteiger partial charge in [0.15, 0.2) is 0 Å². The highest BCUT2D eigenvalue weighted by molar-refractivity contribution is 5.73. The molecule has 0 aromatic heterocycles. The minimum absolute atomic E-state index is 0.328. The van der Waals surface area contributed by atoms with E-state index in [1.807, 2.05) is 24.3 Å². The normalized spacial score (nSPS) is 13.1. The van der Waals surface area contributed by atoms with Gasteiger partial charge in [-0.15, -0.1) is 0 Å². The van der Waals surface area contributed by atoms with Crippen molar-refractivity contribution in [1.82, 2.24) is 0 Å². The van der Waals surface area contributed by atoms with E-state index >= 15 is 0 Å². The lowest BCUT2D eigenvalue weighted by molar-refractivity contribution is -0.870. The fraction of sp³-hybridized carbons (Fsp3) is 0.500. The van der Waals surface area contributed by atoms with Gasteiger partial charge in [0.05, 0.1) is 21.1 Å². The summed E-state index contributed by atoms with van der Waals surface area (Å²) in [5.74, 6) is -0.190. The Morgan fingerprint density at radius 1 is 1.32 bits per heavy atom. The van der Waals surface area contributed by atoms with Crippen LogP contribution in [0.2, 0.25) is 0 Å². The summed E-state index contributed by atoms with van der Waals surface area (Å²) in [5.41, 5.74) is 6.38. The average molecular weight is 267 g/mol. The number of hydrogen-bond acceptors (Lipinski definition) is 3. The minimum atomic E-state index is -0.983. The molecule has 1 rings (SSSR count). The first-order chi connectivity index (χ1) is 8.78. The van der Waals surface area contributed by atoms with Crippen LogP contribution in [-0.2, 0) is 11.2 Å². The van der Waals surface area contributed by atoms with Crippen molar-refractivity contribution in [2.24, 2.45) is 5.73 Å². The van der Waals surface area contributed by atoms with Crippen LogP contribution in [0.25, 0.3) is 0 Å². The molecule has 5 heteroatoms. The first-order valence-corrected chi connectivity index (χ1v) is 6.28. The molecule has 0 heterocycles. The second kappa shape index (κ2) is 6.54. The molecule has 19 heavy (non-hydrogen) atoms. The summed E-state index contributed by atoms with van der Waals surface area (Å²) in [7, 11) is 6.33. The molecule has 3 N–H and O–H groups in total. The van der Waals surface area contributed by atoms with Gasteiger partial charge in [0, 0.05) is 0 Å². The lowest BCUT2D eigenvalue weighted by Crippen LogP contribution is -2.38. The summed E-state index contributed by atoms with van der Waals surface area (Å²) in [6.07, 6.45) is 0.328. The van der Waals surface area contributed by atoms with Crippen LogP contribution < -0.4 is 10.5 Å². The summed E-state index contributed by atoms with van der Waals surface area (Å²) in [4.78, 5) is 10.7. The Hall–Kier alpha value is -1.59. The molecule has 0 unspecified atom stereocenters. The van der Waals surface area contributed by atoms with Crippen molar-refractivity contribution in [3.8, 4) is 5.75 Å². The van der Waals surface area contributed by atoms with Gasteiger partial charge in [-0.05, 0) is 24.1 Å². The number of nitrogens with two attached hydrogens (primary N) is 1. The first kappa shape index (κ1) is 15.5. The smallest absolute Gasteiger partial charge is 0.320 e. The third-order valence-corrected chi connectivity index (χ3v) is 2.73. The largest absolute Gasteiger partial charge is 0.488 e. The molecule has 0 aliphatic carbocycles. The van der Waals surface area contributed by atoms with Crippen LogP contribution in [-0.4, -0.2) is 55.9 Å². The van der Waals surface area contributed by atoms with E-state index in [-0.39, 0.29) is 0 Å². The van der Waals surface area contributed by atoms with Gasteiger partial charge >= 0.3 is 5.97 Å². The molecule has 1 aromatic rings. The number of carboxylic acids is 1. The highest BCUT2D eigenvalue weighted by Gasteiger charge is 2.12. The molecule has 1 aromatic carbocycles. The number of quaternary nitrogens is 1. The highest BCUT2D eigenvalue weighted by atomic mass is 16.5. The van der Waals surface area contributed by atoms with Crippen molar-refractivity contribution >= 4 is 5.97 Å². The van der Waals surface area contributed by atoms with Gasteiger partial charge in [-0.2, -0.15) is 0 Å². The molecule has 5 nitrogen and oxygen atoms in total. The average Bonchev–Trinajstić information content (AvgIpc) is 2.29. The summed E-state index contributed by atoms with van der Waals surface area (Å²) in [5, 5.41) is 8.74. The summed E-state index contributed by atoms with van der Waals surface area (Å²) < 4.78 is 6.48. The Morgan fingerprint density at radius 2 is 1.89 bits per heavy atom. The maximum absolute atomic E-state index is 10.7. The van der Waals surface area contributed by atoms with Gasteiger partial charge in [-0.25, -0.2) is 0 Å². The van der Waals surface area contributed by atoms with E-state index in [2.05, 4.69) is 21.1 Å². The van der Waals surface area contributed by atoms with Crippen LogP contribution >= 0.6 is 0 Å². The summed E-state index contributed by atoms with van der Waals surface area (Å²) >= 11 is 0. The number of benzene rings is 1. The number of ether oxygens (including phenoxy) is 1. The Balaban J connectivity index is 2.46. The number of rotatable bonds is 7. The standard InChI is InChI=1S/C14H22N2O3/c1-16(2,3)8-9-19-12-6-4-11(5-7-12)10-13(15)14(17)18/h4-7,13H,8-10,15H2,1-3H3/p+1/t13-/m0/s1. The van der Waals surface area contributed by atoms with Gasteiger partial charge in [-0.3, -0.25) is 4.79 Å². The fourth-order valence-corrected chi connectivity index (χ4v) is 1.50. The van der Waals surface area contributed by atoms with E-state index < -0.39 is 12.0 Å². The Labute approximate surface area is 114 Å². The number of likely N-dealkylation sites (N-methyl/N-ethyl adjacent to an activating group) is 1. The van der Waals surface area contributed by atoms with Gasteiger partial charge in [0.25, 0.3) is 0 Å². The number of aliphatic carboxylic acids is 1. The molecule has 0 amide bonds. The van der Waals surface area contributed by atoms with Crippen molar-refractivity contribution < 1.29 is 19.1 Å². The molecule has 0 aliphatic heterocycles. The van der Waals surface area contributed by atoms with E-state index in [1.165, 1.54) is 0 Å². The van der Waals surface area contributed by atoms with Crippen LogP contribution in [0, 0.1) is 0 Å². The van der Waals surface area contributed by atoms with E-state index in [4.69, 9.17) is 15.6 Å². The Morgan fingerprint density at radius 3 is 2.37 bits per heavy atom. The van der Waals surface area contributed by atoms with E-state index in [1.54, 1.807) is 0 Å². The molecule has 106 valence electrons. The fourth-order valence-electron chi connectivity index (χ4n) is 1.50. The molecule has 0 saturated heterocycles. The van der Waals surface area contributed by atoms with Gasteiger partial charge < -0.3 is 20.1 Å². The molecule has 0 saturated carbocycles. The van der Waals surface area contributed by atoms with Crippen molar-refractivity contribution in [1.29, 1.82) is 0 Å². The number of hydrogen-bond donors (Lipinski definition) is 2. The predicted octanol–water partition coefficient (Wildman–Crippen LogP) is 0.726. The van der Waals surface area contributed by atoms with Crippen LogP contribution in [0.1, 0.15) is 5.56 Å². The third kappa shape index (κ3) is 6.22. The van der Waals surface area contributed by atoms with E-state index in [9.17, 15) is 4.79 Å². The van der Waals surface area contributed by atoms with Gasteiger partial charge in [-0.1, -0.05) is 12.1 Å². The van der Waals surface area contributed by atoms with Crippen LogP contribution in [0.5, 0.6) is 5.75 Å². The molecule has 0 aliphatic rings. The highest BCUT2D eigenvalue weighted by Crippen LogP contribution is 2.13. The lowest BCUT2D eigenvalue weighted by Gasteiger charge is -2.23. The maximum Gasteiger partial charge on any atom is 0.320 e. The zero-order chi connectivity index (χ0) is 14.5. The van der Waals surface area contributed by atoms with E-state index in [0.29, 0.717) is 13.0 Å². The monoisotopic (exact) mass is 267 g/mol. The molecular weight excluding hydrogens is 244 g/mol. The summed E-state index contributed by atoms with van der Waals surface area (Å²) in [6.45, 7) is 1.57. The maximum atomic E-state index is 10.7. The van der Waals surface area contributed by atoms with Crippen LogP contribution in [0.3, 0.4) is 0 Å². The number of carboxylic acid groups (broad SMARTS) is 1. The molecule has 0 bridgehead atoms. The summed E-state index contributed by atoms with van der Waals surface area (Å²) in [6, 6.07) is 6.54. The zero-order valence-electron chi connectivity index (χ0n) is 11.8. The van der Waals surface area contributed by atoms with Gasteiger partial charge in [0.1, 0.15) is 24.9 Å². The number of nitrogens with zero attached hydrogens (tertiary/aromatic N) is 1. The first-order valence-electron chi connectivity index (χ1n) is 6.28. The molecular formula is C14H23N2O3+. The van der Waals surface area contributed by atoms with E-state index in [0.717, 1.165) is 22.3 Å². The van der Waals surface area contributed by atoms with Crippen molar-refractivity contribution in [2.75, 3.05) is 34.3 Å². The second-order valence-corrected chi connectivity index (χ2v) is 5.66. The number of carbonyl (C=O) groups is 1. The third-order valence-electron chi connectivity index (χ3n) is 2.73. The zero-order valence-corrected chi connectivity index (χ0v) is 11.8. The minimum Gasteiger partial charge on any atom is -0.488 e. The Bertz CT molecular complexity index is 410. The topological polar surface area (TPSA) is 72.5 Å². The quantitative estimate of drug-likeness (QED) is 0.714. The molecule has 1 atom stereocenters. The van der Waals surface area contributed by atoms with Gasteiger partial charge in [0.2, 0.25) is 0 Å². The van der Waals surface area contributed by atoms with Crippen LogP contribution in [0.4, 0.5) is 0 Å². The van der Waals surface area contributed by atoms with Crippen molar-refractivity contribution in [3.63, 3.8) is 0 Å². The second-order valence-electron chi connectivity index (χ2n) is 5.66.